The molecule has 168 valence electrons. The topological polar surface area (TPSA) is 106 Å². The maximum atomic E-state index is 9.59. The quantitative estimate of drug-likeness (QED) is 0.503. The van der Waals surface area contributed by atoms with Gasteiger partial charge in [-0.25, -0.2) is 9.67 Å². The number of hydrogen-bond acceptors (Lipinski definition) is 7. The van der Waals surface area contributed by atoms with E-state index in [0.29, 0.717) is 23.3 Å². The number of imidazole rings is 1. The third-order valence-corrected chi connectivity index (χ3v) is 6.18. The molecule has 5 heterocycles. The van der Waals surface area contributed by atoms with Gasteiger partial charge in [0, 0.05) is 17.8 Å². The molecular weight excluding hydrogens is 416 g/mol. The third-order valence-electron chi connectivity index (χ3n) is 6.18. The first kappa shape index (κ1) is 21.1. The molecule has 1 aliphatic heterocycles. The van der Waals surface area contributed by atoms with Crippen molar-refractivity contribution in [2.24, 2.45) is 0 Å². The van der Waals surface area contributed by atoms with E-state index >= 15 is 0 Å². The zero-order chi connectivity index (χ0) is 22.8. The van der Waals surface area contributed by atoms with E-state index in [4.69, 9.17) is 4.74 Å². The number of rotatable bonds is 5. The molecule has 9 nitrogen and oxygen atoms in total. The van der Waals surface area contributed by atoms with Crippen LogP contribution < -0.4 is 10.1 Å². The molecule has 1 unspecified atom stereocenters. The van der Waals surface area contributed by atoms with E-state index in [1.54, 1.807) is 16.8 Å². The SMILES string of the molecule is Cc1c(-c2cc(O[C@H](C)c3ccccn3)n3c(C#N)cnc3c2)nnn1C1CCCNCC1. The standard InChI is InChI=1S/C24H26N8O/c1-16-24(29-30-32(16)19-6-5-9-26-11-8-19)18-12-22-28-15-20(14-25)31(22)23(13-18)33-17(2)21-7-3-4-10-27-21/h3-4,7,10,12-13,15,17,19,26H,5-6,8-9,11H2,1-2H3/t17-,19?/m1/s1. The first-order chi connectivity index (χ1) is 16.2. The number of hydrogen-bond donors (Lipinski definition) is 1. The van der Waals surface area contributed by atoms with E-state index in [-0.39, 0.29) is 6.10 Å². The van der Waals surface area contributed by atoms with Crippen molar-refractivity contribution in [3.05, 3.63) is 59.8 Å². The van der Waals surface area contributed by atoms with E-state index in [1.165, 1.54) is 0 Å². The highest BCUT2D eigenvalue weighted by molar-refractivity contribution is 5.68. The summed E-state index contributed by atoms with van der Waals surface area (Å²) in [5, 5.41) is 22.1. The molecule has 0 spiro atoms. The first-order valence-corrected chi connectivity index (χ1v) is 11.3. The molecule has 33 heavy (non-hydrogen) atoms. The van der Waals surface area contributed by atoms with Gasteiger partial charge in [0.1, 0.15) is 29.2 Å². The van der Waals surface area contributed by atoms with Crippen molar-refractivity contribution >= 4 is 5.65 Å². The molecule has 0 aromatic carbocycles. The third kappa shape index (κ3) is 4.05. The van der Waals surface area contributed by atoms with Crippen LogP contribution in [0.3, 0.4) is 0 Å². The van der Waals surface area contributed by atoms with Crippen LogP contribution in [0.1, 0.15) is 55.4 Å². The van der Waals surface area contributed by atoms with Gasteiger partial charge in [0.25, 0.3) is 0 Å². The Labute approximate surface area is 192 Å². The predicted octanol–water partition coefficient (Wildman–Crippen LogP) is 3.62. The van der Waals surface area contributed by atoms with Crippen molar-refractivity contribution in [2.75, 3.05) is 13.1 Å². The average molecular weight is 443 g/mol. The van der Waals surface area contributed by atoms with Crippen molar-refractivity contribution in [3.63, 3.8) is 0 Å². The van der Waals surface area contributed by atoms with Crippen LogP contribution in [-0.2, 0) is 0 Å². The highest BCUT2D eigenvalue weighted by Gasteiger charge is 2.22. The van der Waals surface area contributed by atoms with Crippen LogP contribution in [0.5, 0.6) is 5.88 Å². The molecule has 0 aliphatic carbocycles. The predicted molar refractivity (Wildman–Crippen MR) is 123 cm³/mol. The molecule has 2 atom stereocenters. The Morgan fingerprint density at radius 3 is 2.94 bits per heavy atom. The second kappa shape index (κ2) is 9.00. The van der Waals surface area contributed by atoms with Crippen LogP contribution >= 0.6 is 0 Å². The maximum absolute atomic E-state index is 9.59. The van der Waals surface area contributed by atoms with Gasteiger partial charge in [0.15, 0.2) is 0 Å². The van der Waals surface area contributed by atoms with E-state index in [0.717, 1.165) is 55.0 Å². The van der Waals surface area contributed by atoms with Crippen LogP contribution in [0.25, 0.3) is 16.9 Å². The highest BCUT2D eigenvalue weighted by atomic mass is 16.5. The Hall–Kier alpha value is -3.77. The molecule has 1 fully saturated rings. The monoisotopic (exact) mass is 442 g/mol. The summed E-state index contributed by atoms with van der Waals surface area (Å²) in [4.78, 5) is 8.83. The Bertz CT molecular complexity index is 1300. The van der Waals surface area contributed by atoms with E-state index < -0.39 is 0 Å². The minimum absolute atomic E-state index is 0.311. The van der Waals surface area contributed by atoms with Gasteiger partial charge in [-0.15, -0.1) is 5.10 Å². The zero-order valence-corrected chi connectivity index (χ0v) is 18.8. The molecular formula is C24H26N8O. The number of nitrogens with zero attached hydrogens (tertiary/aromatic N) is 7. The molecule has 1 saturated heterocycles. The summed E-state index contributed by atoms with van der Waals surface area (Å²) in [6, 6.07) is 12.1. The van der Waals surface area contributed by atoms with Crippen molar-refractivity contribution < 1.29 is 4.74 Å². The van der Waals surface area contributed by atoms with Gasteiger partial charge in [-0.2, -0.15) is 5.26 Å². The smallest absolute Gasteiger partial charge is 0.201 e. The first-order valence-electron chi connectivity index (χ1n) is 11.3. The normalized spacial score (nSPS) is 17.4. The van der Waals surface area contributed by atoms with Gasteiger partial charge in [-0.05, 0) is 64.4 Å². The second-order valence-electron chi connectivity index (χ2n) is 8.35. The Kier molecular flexibility index (Phi) is 5.75. The minimum Gasteiger partial charge on any atom is -0.469 e. The molecule has 1 N–H and O–H groups in total. The van der Waals surface area contributed by atoms with Gasteiger partial charge in [0.05, 0.1) is 23.6 Å². The number of nitrogens with one attached hydrogen (secondary N) is 1. The Morgan fingerprint density at radius 2 is 2.12 bits per heavy atom. The number of fused-ring (bicyclic) bond motifs is 1. The minimum atomic E-state index is -0.311. The summed E-state index contributed by atoms with van der Waals surface area (Å²) in [6.45, 7) is 6.02. The van der Waals surface area contributed by atoms with Crippen LogP contribution in [0.4, 0.5) is 0 Å². The molecule has 0 amide bonds. The van der Waals surface area contributed by atoms with Gasteiger partial charge < -0.3 is 10.1 Å². The molecule has 1 aliphatic rings. The maximum Gasteiger partial charge on any atom is 0.201 e. The van der Waals surface area contributed by atoms with E-state index in [1.807, 2.05) is 37.3 Å². The number of pyridine rings is 2. The molecule has 0 saturated carbocycles. The van der Waals surface area contributed by atoms with Crippen molar-refractivity contribution in [1.82, 2.24) is 34.7 Å². The second-order valence-corrected chi connectivity index (χ2v) is 8.35. The number of ether oxygens (including phenoxy) is 1. The molecule has 9 heteroatoms. The lowest BCUT2D eigenvalue weighted by atomic mass is 10.1. The van der Waals surface area contributed by atoms with Crippen LogP contribution in [-0.4, -0.2) is 42.5 Å². The van der Waals surface area contributed by atoms with E-state index in [2.05, 4.69) is 43.3 Å². The molecule has 4 aromatic rings. The summed E-state index contributed by atoms with van der Waals surface area (Å²) >= 11 is 0. The average Bonchev–Trinajstić information content (AvgIpc) is 3.33. The van der Waals surface area contributed by atoms with Crippen molar-refractivity contribution in [2.45, 2.75) is 45.3 Å². The van der Waals surface area contributed by atoms with Gasteiger partial charge >= 0.3 is 0 Å². The Morgan fingerprint density at radius 1 is 1.21 bits per heavy atom. The fraction of sp³-hybridized carbons (Fsp3) is 0.375. The summed E-state index contributed by atoms with van der Waals surface area (Å²) < 4.78 is 10.1. The van der Waals surface area contributed by atoms with Crippen molar-refractivity contribution in [3.8, 4) is 23.2 Å². The van der Waals surface area contributed by atoms with Gasteiger partial charge in [-0.3, -0.25) is 9.38 Å². The zero-order valence-electron chi connectivity index (χ0n) is 18.8. The Balaban J connectivity index is 1.55. The lowest BCUT2D eigenvalue weighted by Crippen LogP contribution is -2.16. The molecule has 0 radical (unpaired) electrons. The molecule has 4 aromatic heterocycles. The van der Waals surface area contributed by atoms with Crippen molar-refractivity contribution in [1.29, 1.82) is 5.26 Å². The van der Waals surface area contributed by atoms with Crippen LogP contribution in [0.2, 0.25) is 0 Å². The summed E-state index contributed by atoms with van der Waals surface area (Å²) in [5.41, 5.74) is 4.51. The fourth-order valence-electron chi connectivity index (χ4n) is 4.44. The summed E-state index contributed by atoms with van der Waals surface area (Å²) in [7, 11) is 0. The van der Waals surface area contributed by atoms with Gasteiger partial charge in [-0.1, -0.05) is 11.3 Å². The largest absolute Gasteiger partial charge is 0.469 e. The lowest BCUT2D eigenvalue weighted by molar-refractivity contribution is 0.210. The van der Waals surface area contributed by atoms with Crippen LogP contribution in [0, 0.1) is 18.3 Å². The summed E-state index contributed by atoms with van der Waals surface area (Å²) in [6.07, 6.45) is 6.22. The lowest BCUT2D eigenvalue weighted by Gasteiger charge is -2.17. The molecule has 0 bridgehead atoms. The fourth-order valence-corrected chi connectivity index (χ4v) is 4.44. The van der Waals surface area contributed by atoms with Crippen LogP contribution in [0.15, 0.2) is 42.7 Å². The number of nitriles is 1. The summed E-state index contributed by atoms with van der Waals surface area (Å²) in [5.74, 6) is 0.516. The molecule has 5 rings (SSSR count). The highest BCUT2D eigenvalue weighted by Crippen LogP contribution is 2.32. The van der Waals surface area contributed by atoms with E-state index in [9.17, 15) is 5.26 Å². The number of aromatic nitrogens is 6. The van der Waals surface area contributed by atoms with Gasteiger partial charge in [0.2, 0.25) is 5.88 Å².